The van der Waals surface area contributed by atoms with Crippen LogP contribution >= 0.6 is 0 Å². The molecule has 0 saturated carbocycles. The maximum Gasteiger partial charge on any atom is 0.402 e. The molecule has 0 radical (unpaired) electrons. The summed E-state index contributed by atoms with van der Waals surface area (Å²) < 4.78 is 22.5. The lowest BCUT2D eigenvalue weighted by atomic mass is 9.99. The van der Waals surface area contributed by atoms with E-state index in [2.05, 4.69) is 0 Å². The van der Waals surface area contributed by atoms with Gasteiger partial charge in [-0.2, -0.15) is 0 Å². The van der Waals surface area contributed by atoms with Crippen molar-refractivity contribution in [3.05, 3.63) is 72.3 Å². The van der Waals surface area contributed by atoms with E-state index >= 15 is 0 Å². The molecule has 4 aromatic rings. The Morgan fingerprint density at radius 3 is 2.28 bits per heavy atom. The van der Waals surface area contributed by atoms with Crippen molar-refractivity contribution in [3.8, 4) is 45.8 Å². The van der Waals surface area contributed by atoms with Crippen molar-refractivity contribution >= 4 is 23.0 Å². The van der Waals surface area contributed by atoms with Crippen LogP contribution in [0.15, 0.2) is 71.2 Å². The molecular formula is C30H27O13+. The van der Waals surface area contributed by atoms with Gasteiger partial charge in [-0.15, -0.1) is 0 Å². The summed E-state index contributed by atoms with van der Waals surface area (Å²) in [6, 6.07) is 13.3. The Hall–Kier alpha value is -5.08. The molecule has 1 aromatic heterocycles. The van der Waals surface area contributed by atoms with Crippen LogP contribution in [-0.4, -0.2) is 84.1 Å². The Labute approximate surface area is 242 Å². The number of carbonyl (C=O) groups excluding carboxylic acids is 1. The maximum atomic E-state index is 12.3. The maximum absolute atomic E-state index is 12.3. The summed E-state index contributed by atoms with van der Waals surface area (Å²) in [5.74, 6) is -2.60. The number of fused-ring (bicyclic) bond motifs is 1. The van der Waals surface area contributed by atoms with E-state index in [0.29, 0.717) is 5.56 Å². The summed E-state index contributed by atoms with van der Waals surface area (Å²) >= 11 is 0. The normalized spacial score (nSPS) is 22.1. The van der Waals surface area contributed by atoms with Crippen LogP contribution in [0.5, 0.6) is 34.5 Å². The molecule has 0 unspecified atom stereocenters. The van der Waals surface area contributed by atoms with Gasteiger partial charge < -0.3 is 55.1 Å². The molecule has 8 N–H and O–H groups in total. The Bertz CT molecular complexity index is 1670. The molecule has 224 valence electrons. The summed E-state index contributed by atoms with van der Waals surface area (Å²) in [6.07, 6.45) is -5.73. The van der Waals surface area contributed by atoms with Gasteiger partial charge in [0.1, 0.15) is 53.7 Å². The van der Waals surface area contributed by atoms with Crippen LogP contribution in [0, 0.1) is 0 Å². The highest BCUT2D eigenvalue weighted by Crippen LogP contribution is 2.42. The molecule has 3 aromatic carbocycles. The fourth-order valence-electron chi connectivity index (χ4n) is 4.38. The molecule has 0 amide bonds. The number of aromatic hydroxyl groups is 5. The minimum Gasteiger partial charge on any atom is -0.508 e. The monoisotopic (exact) mass is 595 g/mol. The Balaban J connectivity index is 1.39. The predicted octanol–water partition coefficient (Wildman–Crippen LogP) is 2.35. The van der Waals surface area contributed by atoms with Crippen molar-refractivity contribution < 1.29 is 64.3 Å². The number of aliphatic hydroxyl groups is 3. The van der Waals surface area contributed by atoms with Gasteiger partial charge in [-0.3, -0.25) is 0 Å². The highest BCUT2D eigenvalue weighted by Gasteiger charge is 2.46. The lowest BCUT2D eigenvalue weighted by molar-refractivity contribution is -0.278. The number of rotatable bonds is 7. The number of hydrogen-bond donors (Lipinski definition) is 8. The van der Waals surface area contributed by atoms with E-state index in [9.17, 15) is 45.6 Å². The van der Waals surface area contributed by atoms with Gasteiger partial charge in [0.05, 0.1) is 11.6 Å². The van der Waals surface area contributed by atoms with Crippen molar-refractivity contribution in [2.24, 2.45) is 0 Å². The number of aliphatic hydroxyl groups excluding tert-OH is 3. The zero-order chi connectivity index (χ0) is 30.8. The molecule has 13 nitrogen and oxygen atoms in total. The smallest absolute Gasteiger partial charge is 0.402 e. The zero-order valence-electron chi connectivity index (χ0n) is 22.1. The van der Waals surface area contributed by atoms with E-state index in [-0.39, 0.29) is 45.3 Å². The second-order valence-electron chi connectivity index (χ2n) is 9.71. The summed E-state index contributed by atoms with van der Waals surface area (Å²) in [7, 11) is 0. The first-order valence-corrected chi connectivity index (χ1v) is 12.9. The van der Waals surface area contributed by atoms with Gasteiger partial charge in [-0.05, 0) is 35.9 Å². The molecule has 2 heterocycles. The van der Waals surface area contributed by atoms with Crippen molar-refractivity contribution in [1.82, 2.24) is 0 Å². The van der Waals surface area contributed by atoms with Crippen LogP contribution in [0.2, 0.25) is 0 Å². The van der Waals surface area contributed by atoms with Gasteiger partial charge >= 0.3 is 17.3 Å². The highest BCUT2D eigenvalue weighted by atomic mass is 16.7. The third-order valence-electron chi connectivity index (χ3n) is 6.66. The number of carbonyl (C=O) groups is 1. The zero-order valence-corrected chi connectivity index (χ0v) is 22.1. The van der Waals surface area contributed by atoms with Gasteiger partial charge in [-0.1, -0.05) is 12.1 Å². The molecule has 1 saturated heterocycles. The molecule has 5 atom stereocenters. The van der Waals surface area contributed by atoms with Crippen molar-refractivity contribution in [2.45, 2.75) is 30.7 Å². The van der Waals surface area contributed by atoms with E-state index in [1.165, 1.54) is 42.5 Å². The first-order chi connectivity index (χ1) is 20.5. The third-order valence-corrected chi connectivity index (χ3v) is 6.66. The molecule has 0 spiro atoms. The first-order valence-electron chi connectivity index (χ1n) is 12.9. The van der Waals surface area contributed by atoms with Crippen LogP contribution in [0.3, 0.4) is 0 Å². The van der Waals surface area contributed by atoms with Gasteiger partial charge in [0, 0.05) is 24.3 Å². The lowest BCUT2D eigenvalue weighted by Crippen LogP contribution is -2.60. The Morgan fingerprint density at radius 2 is 1.56 bits per heavy atom. The average Bonchev–Trinajstić information content (AvgIpc) is 2.98. The molecule has 5 rings (SSSR count). The molecule has 0 bridgehead atoms. The van der Waals surface area contributed by atoms with Crippen LogP contribution in [0.4, 0.5) is 0 Å². The quantitative estimate of drug-likeness (QED) is 0.0667. The summed E-state index contributed by atoms with van der Waals surface area (Å²) in [5, 5.41) is 81.2. The van der Waals surface area contributed by atoms with Crippen LogP contribution < -0.4 is 4.74 Å². The summed E-state index contributed by atoms with van der Waals surface area (Å²) in [4.78, 5) is 12.3. The van der Waals surface area contributed by atoms with Gasteiger partial charge in [0.15, 0.2) is 11.5 Å². The lowest BCUT2D eigenvalue weighted by Gasteiger charge is -2.39. The topological polar surface area (TPSA) is 218 Å². The second-order valence-corrected chi connectivity index (χ2v) is 9.71. The van der Waals surface area contributed by atoms with Crippen LogP contribution in [-0.2, 0) is 14.3 Å². The largest absolute Gasteiger partial charge is 0.508 e. The molecule has 13 heteroatoms. The molecule has 1 fully saturated rings. The number of esters is 1. The molecule has 1 aliphatic heterocycles. The Kier molecular flexibility index (Phi) is 8.23. The average molecular weight is 596 g/mol. The van der Waals surface area contributed by atoms with Crippen LogP contribution in [0.25, 0.3) is 28.4 Å². The minimum absolute atomic E-state index is 0.0122. The van der Waals surface area contributed by atoms with E-state index in [1.807, 2.05) is 0 Å². The molecule has 1 aliphatic rings. The van der Waals surface area contributed by atoms with Crippen molar-refractivity contribution in [1.29, 1.82) is 0 Å². The fourth-order valence-corrected chi connectivity index (χ4v) is 4.38. The van der Waals surface area contributed by atoms with E-state index in [1.54, 1.807) is 12.1 Å². The van der Waals surface area contributed by atoms with E-state index in [4.69, 9.17) is 18.6 Å². The minimum atomic E-state index is -1.80. The van der Waals surface area contributed by atoms with Crippen LogP contribution in [0.1, 0.15) is 5.56 Å². The number of benzene rings is 3. The van der Waals surface area contributed by atoms with Gasteiger partial charge in [0.2, 0.25) is 12.0 Å². The van der Waals surface area contributed by atoms with E-state index < -0.39 is 54.8 Å². The third kappa shape index (κ3) is 6.39. The summed E-state index contributed by atoms with van der Waals surface area (Å²) in [6.45, 7) is -0.537. The number of ether oxygens (including phenoxy) is 3. The highest BCUT2D eigenvalue weighted by molar-refractivity contribution is 5.89. The number of hydrogen-bond acceptors (Lipinski definition) is 12. The standard InChI is InChI=1S/C30H26O13/c31-16-5-1-14(2-6-16)3-8-25(36)40-13-24-26(37)27(38)28(39)30(43-24)42-23-12-18-20(34)10-17(32)11-22(18)41-29(23)15-4-7-19(33)21(35)9-15/h1-12,24,26-28,30,37-39H,13H2,(H4-,31,32,33,34,35,36)/p+1/t24-,26-,27-,28-,30-/m1/s1. The number of phenolic OH excluding ortho intramolecular Hbond substituents is 5. The van der Waals surface area contributed by atoms with Crippen molar-refractivity contribution in [3.63, 3.8) is 0 Å². The van der Waals surface area contributed by atoms with Gasteiger partial charge in [0.25, 0.3) is 0 Å². The van der Waals surface area contributed by atoms with Gasteiger partial charge in [-0.25, -0.2) is 9.21 Å². The van der Waals surface area contributed by atoms with E-state index in [0.717, 1.165) is 18.2 Å². The van der Waals surface area contributed by atoms with Crippen molar-refractivity contribution in [2.75, 3.05) is 6.61 Å². The molecule has 43 heavy (non-hydrogen) atoms. The second kappa shape index (κ2) is 12.0. The first kappa shape index (κ1) is 29.4. The molecular weight excluding hydrogens is 568 g/mol. The Morgan fingerprint density at radius 1 is 0.814 bits per heavy atom. The predicted molar refractivity (Wildman–Crippen MR) is 148 cm³/mol. The SMILES string of the molecule is O=C(/C=C/c1ccc(O)cc1)OC[C@H]1O[C@@H](Oc2cc3c(O)cc(O)cc3[o+]c2-c2ccc(O)c(O)c2)[C@H](O)[C@H](O)[C@@H]1O. The fraction of sp³-hybridized carbons (Fsp3) is 0.200. The summed E-state index contributed by atoms with van der Waals surface area (Å²) in [5.41, 5.74) is 0.792. The molecule has 0 aliphatic carbocycles. The number of phenols is 5.